The van der Waals surface area contributed by atoms with Crippen molar-refractivity contribution in [2.45, 2.75) is 33.3 Å². The topological polar surface area (TPSA) is 92.6 Å². The number of fused-ring (bicyclic) bond motifs is 1. The number of ether oxygens (including phenoxy) is 1. The fraction of sp³-hybridized carbons (Fsp3) is 0.467. The van der Waals surface area contributed by atoms with Gasteiger partial charge in [-0.15, -0.1) is 11.3 Å². The van der Waals surface area contributed by atoms with E-state index in [-0.39, 0.29) is 18.5 Å². The van der Waals surface area contributed by atoms with Gasteiger partial charge in [-0.05, 0) is 26.3 Å². The van der Waals surface area contributed by atoms with E-state index < -0.39 is 5.97 Å². The first-order valence-electron chi connectivity index (χ1n) is 7.19. The van der Waals surface area contributed by atoms with Crippen molar-refractivity contribution >= 4 is 39.3 Å². The Bertz CT molecular complexity index is 742. The number of nitrogens with zero attached hydrogens (tertiary/aromatic N) is 3. The number of aryl methyl sites for hydroxylation is 1. The predicted molar refractivity (Wildman–Crippen MR) is 88.2 cm³/mol. The average Bonchev–Trinajstić information content (AvgIpc) is 2.81. The van der Waals surface area contributed by atoms with Crippen LogP contribution >= 0.6 is 11.3 Å². The van der Waals surface area contributed by atoms with Gasteiger partial charge in [0.25, 0.3) is 0 Å². The van der Waals surface area contributed by atoms with Crippen LogP contribution in [0.3, 0.4) is 0 Å². The van der Waals surface area contributed by atoms with Gasteiger partial charge in [0.15, 0.2) is 0 Å². The molecule has 0 atom stereocenters. The molecule has 2 aromatic rings. The highest BCUT2D eigenvalue weighted by Gasteiger charge is 2.22. The van der Waals surface area contributed by atoms with Crippen molar-refractivity contribution in [3.63, 3.8) is 0 Å². The number of thiophene rings is 1. The lowest BCUT2D eigenvalue weighted by atomic mass is 10.2. The van der Waals surface area contributed by atoms with E-state index in [1.54, 1.807) is 25.8 Å². The van der Waals surface area contributed by atoms with Crippen molar-refractivity contribution in [2.75, 3.05) is 18.5 Å². The number of hydrogen-bond acceptors (Lipinski definition) is 7. The second kappa shape index (κ2) is 6.91. The molecule has 0 bridgehead atoms. The fourth-order valence-corrected chi connectivity index (χ4v) is 3.20. The van der Waals surface area contributed by atoms with Crippen molar-refractivity contribution in [3.05, 3.63) is 16.8 Å². The Balaban J connectivity index is 2.42. The Hall–Kier alpha value is -2.22. The van der Waals surface area contributed by atoms with Gasteiger partial charge in [-0.3, -0.25) is 4.79 Å². The molecular formula is C15H19N3O4S. The zero-order valence-corrected chi connectivity index (χ0v) is 14.3. The average molecular weight is 337 g/mol. The molecular weight excluding hydrogens is 318 g/mol. The number of esters is 1. The molecule has 0 unspecified atom stereocenters. The van der Waals surface area contributed by atoms with Crippen LogP contribution in [0.5, 0.6) is 0 Å². The molecule has 2 rings (SSSR count). The molecule has 0 amide bonds. The highest BCUT2D eigenvalue weighted by atomic mass is 32.1. The standard InChI is InChI=1S/C15H19N3O4S/c1-8(2)22-15(21)12-9(3)11-13(16-7-17-14(11)23-12)18(4)6-5-10(19)20/h7-8H,5-6H2,1-4H3,(H,19,20). The van der Waals surface area contributed by atoms with Gasteiger partial charge in [-0.25, -0.2) is 14.8 Å². The molecule has 7 nitrogen and oxygen atoms in total. The molecule has 0 aromatic carbocycles. The summed E-state index contributed by atoms with van der Waals surface area (Å²) in [5.74, 6) is -0.626. The Kier molecular flexibility index (Phi) is 5.15. The molecule has 0 fully saturated rings. The largest absolute Gasteiger partial charge is 0.481 e. The maximum absolute atomic E-state index is 12.2. The SMILES string of the molecule is Cc1c(C(=O)OC(C)C)sc2ncnc(N(C)CCC(=O)O)c12. The van der Waals surface area contributed by atoms with Gasteiger partial charge in [0.2, 0.25) is 0 Å². The summed E-state index contributed by atoms with van der Waals surface area (Å²) in [5, 5.41) is 9.58. The second-order valence-corrected chi connectivity index (χ2v) is 6.45. The van der Waals surface area contributed by atoms with Gasteiger partial charge in [-0.2, -0.15) is 0 Å². The number of carboxylic acids is 1. The lowest BCUT2D eigenvalue weighted by molar-refractivity contribution is -0.136. The van der Waals surface area contributed by atoms with E-state index in [4.69, 9.17) is 9.84 Å². The molecule has 0 aliphatic rings. The summed E-state index contributed by atoms with van der Waals surface area (Å²) in [6.07, 6.45) is 1.23. The van der Waals surface area contributed by atoms with Crippen LogP contribution in [0.15, 0.2) is 6.33 Å². The van der Waals surface area contributed by atoms with Crippen LogP contribution in [0.25, 0.3) is 10.2 Å². The van der Waals surface area contributed by atoms with E-state index in [9.17, 15) is 9.59 Å². The lowest BCUT2D eigenvalue weighted by Gasteiger charge is -2.18. The number of hydrogen-bond donors (Lipinski definition) is 1. The van der Waals surface area contributed by atoms with Crippen molar-refractivity contribution in [1.82, 2.24) is 9.97 Å². The van der Waals surface area contributed by atoms with Crippen LogP contribution in [-0.4, -0.2) is 46.7 Å². The molecule has 0 saturated heterocycles. The first-order valence-corrected chi connectivity index (χ1v) is 8.01. The summed E-state index contributed by atoms with van der Waals surface area (Å²) >= 11 is 1.26. The van der Waals surface area contributed by atoms with E-state index in [0.717, 1.165) is 10.9 Å². The van der Waals surface area contributed by atoms with E-state index in [1.165, 1.54) is 17.7 Å². The zero-order chi connectivity index (χ0) is 17.1. The van der Waals surface area contributed by atoms with Crippen molar-refractivity contribution < 1.29 is 19.4 Å². The fourth-order valence-electron chi connectivity index (χ4n) is 2.17. The smallest absolute Gasteiger partial charge is 0.348 e. The molecule has 0 aliphatic heterocycles. The van der Waals surface area contributed by atoms with Crippen molar-refractivity contribution in [1.29, 1.82) is 0 Å². The summed E-state index contributed by atoms with van der Waals surface area (Å²) in [7, 11) is 1.77. The maximum atomic E-state index is 12.2. The monoisotopic (exact) mass is 337 g/mol. The van der Waals surface area contributed by atoms with Gasteiger partial charge < -0.3 is 14.7 Å². The highest BCUT2D eigenvalue weighted by Crippen LogP contribution is 2.35. The number of aromatic nitrogens is 2. The third-order valence-corrected chi connectivity index (χ3v) is 4.44. The number of anilines is 1. The third kappa shape index (κ3) is 3.76. The molecule has 0 spiro atoms. The van der Waals surface area contributed by atoms with Crippen LogP contribution < -0.4 is 4.90 Å². The van der Waals surface area contributed by atoms with Gasteiger partial charge in [0, 0.05) is 13.6 Å². The Morgan fingerprint density at radius 1 is 1.39 bits per heavy atom. The summed E-state index contributed by atoms with van der Waals surface area (Å²) < 4.78 is 5.26. The first-order chi connectivity index (χ1) is 10.8. The Morgan fingerprint density at radius 3 is 2.70 bits per heavy atom. The molecule has 0 radical (unpaired) electrons. The quantitative estimate of drug-likeness (QED) is 0.809. The van der Waals surface area contributed by atoms with E-state index in [2.05, 4.69) is 9.97 Å². The number of carbonyl (C=O) groups is 2. The zero-order valence-electron chi connectivity index (χ0n) is 13.5. The van der Waals surface area contributed by atoms with E-state index in [1.807, 2.05) is 6.92 Å². The highest BCUT2D eigenvalue weighted by molar-refractivity contribution is 7.20. The summed E-state index contributed by atoms with van der Waals surface area (Å²) in [6, 6.07) is 0. The minimum Gasteiger partial charge on any atom is -0.481 e. The molecule has 0 aliphatic carbocycles. The molecule has 124 valence electrons. The van der Waals surface area contributed by atoms with Crippen molar-refractivity contribution in [2.24, 2.45) is 0 Å². The Morgan fingerprint density at radius 2 is 2.09 bits per heavy atom. The summed E-state index contributed by atoms with van der Waals surface area (Å²) in [6.45, 7) is 5.74. The molecule has 1 N–H and O–H groups in total. The predicted octanol–water partition coefficient (Wildman–Crippen LogP) is 2.48. The Labute approximate surface area is 137 Å². The van der Waals surface area contributed by atoms with Crippen LogP contribution in [0.2, 0.25) is 0 Å². The minimum absolute atomic E-state index is 0.00737. The summed E-state index contributed by atoms with van der Waals surface area (Å²) in [5.41, 5.74) is 0.758. The van der Waals surface area contributed by atoms with Crippen LogP contribution in [0.4, 0.5) is 5.82 Å². The molecule has 0 saturated carbocycles. The van der Waals surface area contributed by atoms with E-state index >= 15 is 0 Å². The van der Waals surface area contributed by atoms with Gasteiger partial charge in [-0.1, -0.05) is 0 Å². The lowest BCUT2D eigenvalue weighted by Crippen LogP contribution is -2.22. The molecule has 2 aromatic heterocycles. The van der Waals surface area contributed by atoms with Gasteiger partial charge in [0.1, 0.15) is 21.9 Å². The number of aliphatic carboxylic acids is 1. The van der Waals surface area contributed by atoms with Crippen LogP contribution in [0.1, 0.15) is 35.5 Å². The van der Waals surface area contributed by atoms with Gasteiger partial charge in [0.05, 0.1) is 17.9 Å². The minimum atomic E-state index is -0.870. The van der Waals surface area contributed by atoms with Crippen LogP contribution in [0, 0.1) is 6.92 Å². The number of carboxylic acid groups (broad SMARTS) is 1. The summed E-state index contributed by atoms with van der Waals surface area (Å²) in [4.78, 5) is 34.4. The van der Waals surface area contributed by atoms with Gasteiger partial charge >= 0.3 is 11.9 Å². The maximum Gasteiger partial charge on any atom is 0.348 e. The molecule has 23 heavy (non-hydrogen) atoms. The third-order valence-electron chi connectivity index (χ3n) is 3.26. The van der Waals surface area contributed by atoms with Crippen molar-refractivity contribution in [3.8, 4) is 0 Å². The van der Waals surface area contributed by atoms with Crippen LogP contribution in [-0.2, 0) is 9.53 Å². The normalized spacial score (nSPS) is 11.0. The van der Waals surface area contributed by atoms with E-state index in [0.29, 0.717) is 22.1 Å². The number of rotatable bonds is 6. The second-order valence-electron chi connectivity index (χ2n) is 5.45. The molecule has 8 heteroatoms. The first kappa shape index (κ1) is 17.1. The molecule has 2 heterocycles. The number of carbonyl (C=O) groups excluding carboxylic acids is 1.